The highest BCUT2D eigenvalue weighted by Gasteiger charge is 2.26. The molecule has 1 atom stereocenters. The molecule has 0 bridgehead atoms. The summed E-state index contributed by atoms with van der Waals surface area (Å²) in [5.41, 5.74) is 5.77. The van der Waals surface area contributed by atoms with Gasteiger partial charge in [-0.05, 0) is 25.2 Å². The largest absolute Gasteiger partial charge is 0.409 e. The Bertz CT molecular complexity index is 310. The van der Waals surface area contributed by atoms with Crippen LogP contribution in [0.1, 0.15) is 26.2 Å². The monoisotopic (exact) mass is 284 g/mol. The molecule has 0 aromatic rings. The molecule has 0 radical (unpaired) electrons. The molecule has 0 aromatic carbocycles. The smallest absolute Gasteiger partial charge is 0.156 e. The summed E-state index contributed by atoms with van der Waals surface area (Å²) in [5, 5.41) is 12.0. The van der Waals surface area contributed by atoms with Crippen LogP contribution in [0.5, 0.6) is 0 Å². The first-order valence-electron chi connectivity index (χ1n) is 7.76. The van der Waals surface area contributed by atoms with Crippen molar-refractivity contribution in [2.45, 2.75) is 32.2 Å². The first-order valence-corrected chi connectivity index (χ1v) is 7.76. The Morgan fingerprint density at radius 2 is 1.95 bits per heavy atom. The molecule has 2 saturated heterocycles. The van der Waals surface area contributed by atoms with Crippen LogP contribution in [0.15, 0.2) is 5.16 Å². The molecule has 0 aromatic heterocycles. The van der Waals surface area contributed by atoms with Crippen molar-refractivity contribution in [2.24, 2.45) is 16.8 Å². The molecule has 3 N–H and O–H groups in total. The fraction of sp³-hybridized carbons (Fsp3) is 0.929. The highest BCUT2D eigenvalue weighted by Crippen LogP contribution is 2.18. The number of hydrogen-bond acceptors (Lipinski definition) is 5. The maximum Gasteiger partial charge on any atom is 0.156 e. The van der Waals surface area contributed by atoms with Crippen LogP contribution in [-0.4, -0.2) is 72.8 Å². The predicted octanol–water partition coefficient (Wildman–Crippen LogP) is 0.556. The van der Waals surface area contributed by atoms with Gasteiger partial charge in [0.05, 0.1) is 6.04 Å². The summed E-state index contributed by atoms with van der Waals surface area (Å²) in [6.45, 7) is 9.27. The average Bonchev–Trinajstić information content (AvgIpc) is 2.50. The lowest BCUT2D eigenvalue weighted by molar-refractivity contribution is 0.0399. The number of amidine groups is 1. The van der Waals surface area contributed by atoms with Crippen molar-refractivity contribution in [3.63, 3.8) is 0 Å². The zero-order valence-electron chi connectivity index (χ0n) is 12.5. The Morgan fingerprint density at radius 1 is 1.30 bits per heavy atom. The van der Waals surface area contributed by atoms with Gasteiger partial charge in [0.15, 0.2) is 5.84 Å². The van der Waals surface area contributed by atoms with Gasteiger partial charge in [0, 0.05) is 45.9 Å². The molecule has 2 aliphatic heterocycles. The highest BCUT2D eigenvalue weighted by atomic mass is 16.5. The molecule has 1 unspecified atom stereocenters. The number of nitrogens with zero attached hydrogens (tertiary/aromatic N) is 3. The van der Waals surface area contributed by atoms with Gasteiger partial charge < -0.3 is 20.6 Å². The molecule has 0 aliphatic carbocycles. The van der Waals surface area contributed by atoms with Crippen molar-refractivity contribution in [3.05, 3.63) is 0 Å². The van der Waals surface area contributed by atoms with Gasteiger partial charge in [-0.3, -0.25) is 4.90 Å². The molecular formula is C14H28N4O2. The van der Waals surface area contributed by atoms with Crippen LogP contribution in [0.4, 0.5) is 0 Å². The molecule has 20 heavy (non-hydrogen) atoms. The SMILES string of the molecule is CCC(C(N)=NO)N1CCN(CC2CCOCC2)CC1. The summed E-state index contributed by atoms with van der Waals surface area (Å²) in [6.07, 6.45) is 3.28. The Hall–Kier alpha value is -0.850. The number of oxime groups is 1. The first kappa shape index (κ1) is 15.5. The van der Waals surface area contributed by atoms with Crippen molar-refractivity contribution in [3.8, 4) is 0 Å². The molecule has 0 amide bonds. The van der Waals surface area contributed by atoms with E-state index in [1.54, 1.807) is 0 Å². The van der Waals surface area contributed by atoms with E-state index >= 15 is 0 Å². The van der Waals surface area contributed by atoms with Crippen molar-refractivity contribution in [1.82, 2.24) is 9.80 Å². The summed E-state index contributed by atoms with van der Waals surface area (Å²) < 4.78 is 5.41. The maximum atomic E-state index is 8.85. The first-order chi connectivity index (χ1) is 9.74. The van der Waals surface area contributed by atoms with Gasteiger partial charge in [0.25, 0.3) is 0 Å². The normalized spacial score (nSPS) is 25.8. The van der Waals surface area contributed by atoms with Crippen LogP contribution in [0.3, 0.4) is 0 Å². The second-order valence-corrected chi connectivity index (χ2v) is 5.84. The summed E-state index contributed by atoms with van der Waals surface area (Å²) >= 11 is 0. The minimum atomic E-state index is 0.0743. The Balaban J connectivity index is 1.76. The molecule has 2 aliphatic rings. The number of hydrogen-bond donors (Lipinski definition) is 2. The third-order valence-corrected chi connectivity index (χ3v) is 4.55. The molecule has 6 nitrogen and oxygen atoms in total. The van der Waals surface area contributed by atoms with E-state index in [1.807, 2.05) is 0 Å². The van der Waals surface area contributed by atoms with Crippen LogP contribution in [0.25, 0.3) is 0 Å². The fourth-order valence-corrected chi connectivity index (χ4v) is 3.27. The molecule has 2 fully saturated rings. The minimum absolute atomic E-state index is 0.0743. The van der Waals surface area contributed by atoms with Crippen LogP contribution in [0.2, 0.25) is 0 Å². The van der Waals surface area contributed by atoms with Gasteiger partial charge in [-0.1, -0.05) is 12.1 Å². The Labute approximate surface area is 121 Å². The van der Waals surface area contributed by atoms with E-state index in [9.17, 15) is 0 Å². The number of nitrogens with two attached hydrogens (primary N) is 1. The summed E-state index contributed by atoms with van der Waals surface area (Å²) in [4.78, 5) is 4.88. The second kappa shape index (κ2) is 7.81. The van der Waals surface area contributed by atoms with Crippen molar-refractivity contribution < 1.29 is 9.94 Å². The van der Waals surface area contributed by atoms with E-state index in [0.717, 1.165) is 51.7 Å². The van der Waals surface area contributed by atoms with E-state index < -0.39 is 0 Å². The van der Waals surface area contributed by atoms with E-state index in [-0.39, 0.29) is 6.04 Å². The second-order valence-electron chi connectivity index (χ2n) is 5.84. The predicted molar refractivity (Wildman–Crippen MR) is 79.0 cm³/mol. The van der Waals surface area contributed by atoms with Gasteiger partial charge in [-0.15, -0.1) is 0 Å². The minimum Gasteiger partial charge on any atom is -0.409 e. The van der Waals surface area contributed by atoms with Gasteiger partial charge in [0.2, 0.25) is 0 Å². The van der Waals surface area contributed by atoms with Crippen molar-refractivity contribution in [2.75, 3.05) is 45.9 Å². The van der Waals surface area contributed by atoms with Gasteiger partial charge >= 0.3 is 0 Å². The van der Waals surface area contributed by atoms with Gasteiger partial charge in [-0.25, -0.2) is 0 Å². The number of rotatable bonds is 5. The van der Waals surface area contributed by atoms with E-state index in [2.05, 4.69) is 21.9 Å². The van der Waals surface area contributed by atoms with E-state index in [0.29, 0.717) is 5.84 Å². The van der Waals surface area contributed by atoms with Crippen LogP contribution in [0, 0.1) is 5.92 Å². The van der Waals surface area contributed by atoms with Gasteiger partial charge in [0.1, 0.15) is 0 Å². The molecule has 0 spiro atoms. The molecule has 2 heterocycles. The third kappa shape index (κ3) is 4.07. The lowest BCUT2D eigenvalue weighted by Gasteiger charge is -2.40. The van der Waals surface area contributed by atoms with E-state index in [4.69, 9.17) is 15.7 Å². The van der Waals surface area contributed by atoms with Crippen LogP contribution in [-0.2, 0) is 4.74 Å². The summed E-state index contributed by atoms with van der Waals surface area (Å²) in [5.74, 6) is 1.13. The third-order valence-electron chi connectivity index (χ3n) is 4.55. The Kier molecular flexibility index (Phi) is 6.06. The zero-order chi connectivity index (χ0) is 14.4. The van der Waals surface area contributed by atoms with Gasteiger partial charge in [-0.2, -0.15) is 0 Å². The van der Waals surface area contributed by atoms with Crippen molar-refractivity contribution in [1.29, 1.82) is 0 Å². The molecule has 2 rings (SSSR count). The zero-order valence-corrected chi connectivity index (χ0v) is 12.5. The number of ether oxygens (including phenoxy) is 1. The molecular weight excluding hydrogens is 256 g/mol. The lowest BCUT2D eigenvalue weighted by atomic mass is 9.99. The maximum absolute atomic E-state index is 8.85. The molecule has 6 heteroatoms. The fourth-order valence-electron chi connectivity index (χ4n) is 3.27. The number of piperazine rings is 1. The molecule has 116 valence electrons. The van der Waals surface area contributed by atoms with Crippen LogP contribution < -0.4 is 5.73 Å². The van der Waals surface area contributed by atoms with E-state index in [1.165, 1.54) is 19.4 Å². The Morgan fingerprint density at radius 3 is 2.50 bits per heavy atom. The quantitative estimate of drug-likeness (QED) is 0.334. The highest BCUT2D eigenvalue weighted by molar-refractivity contribution is 5.85. The summed E-state index contributed by atoms with van der Waals surface area (Å²) in [6, 6.07) is 0.0743. The standard InChI is InChI=1S/C14H28N4O2/c1-2-13(14(15)16-19)18-7-5-17(6-8-18)11-12-3-9-20-10-4-12/h12-13,19H,2-11H2,1H3,(H2,15,16). The topological polar surface area (TPSA) is 74.3 Å². The molecule has 0 saturated carbocycles. The summed E-state index contributed by atoms with van der Waals surface area (Å²) in [7, 11) is 0. The van der Waals surface area contributed by atoms with Crippen molar-refractivity contribution >= 4 is 5.84 Å². The van der Waals surface area contributed by atoms with Crippen LogP contribution >= 0.6 is 0 Å². The lowest BCUT2D eigenvalue weighted by Crippen LogP contribution is -2.54. The average molecular weight is 284 g/mol.